The standard InChI is InChI=1S/C21H27N7OS/c1-16-4-2-3-8-27(16)20(29)14-25-9-11-26(12-10-25)19-6-5-18-22-23-21(28(18)24-19)17-7-13-30-15-17/h5-7,13,15-16H,2-4,8-12,14H2,1H3. The van der Waals surface area contributed by atoms with E-state index < -0.39 is 0 Å². The fraction of sp³-hybridized carbons (Fsp3) is 0.524. The van der Waals surface area contributed by atoms with Gasteiger partial charge in [-0.2, -0.15) is 15.9 Å². The molecule has 0 aliphatic carbocycles. The van der Waals surface area contributed by atoms with E-state index in [4.69, 9.17) is 5.10 Å². The molecule has 0 aromatic carbocycles. The van der Waals surface area contributed by atoms with Gasteiger partial charge in [0.2, 0.25) is 5.91 Å². The lowest BCUT2D eigenvalue weighted by molar-refractivity contribution is -0.135. The summed E-state index contributed by atoms with van der Waals surface area (Å²) < 4.78 is 1.82. The van der Waals surface area contributed by atoms with E-state index in [0.717, 1.165) is 68.4 Å². The second-order valence-electron chi connectivity index (χ2n) is 8.19. The molecule has 2 fully saturated rings. The number of thiophene rings is 1. The first-order chi connectivity index (χ1) is 14.7. The van der Waals surface area contributed by atoms with Gasteiger partial charge in [-0.1, -0.05) is 0 Å². The van der Waals surface area contributed by atoms with Crippen LogP contribution in [0.25, 0.3) is 17.0 Å². The number of anilines is 1. The average molecular weight is 426 g/mol. The van der Waals surface area contributed by atoms with Crippen LogP contribution in [0, 0.1) is 0 Å². The molecule has 2 aliphatic heterocycles. The van der Waals surface area contributed by atoms with Gasteiger partial charge in [0.05, 0.1) is 6.54 Å². The van der Waals surface area contributed by atoms with Crippen molar-refractivity contribution >= 4 is 28.7 Å². The predicted molar refractivity (Wildman–Crippen MR) is 118 cm³/mol. The molecule has 1 amide bonds. The summed E-state index contributed by atoms with van der Waals surface area (Å²) in [6.07, 6.45) is 3.50. The third-order valence-corrected chi connectivity index (χ3v) is 6.89. The Kier molecular flexibility index (Phi) is 5.39. The molecular formula is C21H27N7OS. The van der Waals surface area contributed by atoms with Crippen molar-refractivity contribution in [3.8, 4) is 11.4 Å². The van der Waals surface area contributed by atoms with Crippen LogP contribution in [-0.2, 0) is 4.79 Å². The summed E-state index contributed by atoms with van der Waals surface area (Å²) in [7, 11) is 0. The van der Waals surface area contributed by atoms with Gasteiger partial charge < -0.3 is 9.80 Å². The van der Waals surface area contributed by atoms with E-state index in [1.807, 2.05) is 28.1 Å². The molecule has 0 spiro atoms. The van der Waals surface area contributed by atoms with E-state index in [1.54, 1.807) is 11.3 Å². The third-order valence-electron chi connectivity index (χ3n) is 6.21. The summed E-state index contributed by atoms with van der Waals surface area (Å²) in [6, 6.07) is 6.40. The number of nitrogens with zero attached hydrogens (tertiary/aromatic N) is 7. The highest BCUT2D eigenvalue weighted by molar-refractivity contribution is 7.08. The Morgan fingerprint density at radius 1 is 1.10 bits per heavy atom. The average Bonchev–Trinajstić information content (AvgIpc) is 3.43. The quantitative estimate of drug-likeness (QED) is 0.639. The predicted octanol–water partition coefficient (Wildman–Crippen LogP) is 2.38. The second-order valence-corrected chi connectivity index (χ2v) is 8.97. The Morgan fingerprint density at radius 3 is 2.73 bits per heavy atom. The number of likely N-dealkylation sites (tertiary alicyclic amines) is 1. The summed E-state index contributed by atoms with van der Waals surface area (Å²) in [5, 5.41) is 17.5. The first-order valence-electron chi connectivity index (χ1n) is 10.7. The van der Waals surface area contributed by atoms with Gasteiger partial charge in [0.25, 0.3) is 0 Å². The summed E-state index contributed by atoms with van der Waals surface area (Å²) >= 11 is 1.64. The maximum absolute atomic E-state index is 12.7. The first kappa shape index (κ1) is 19.4. The molecule has 5 rings (SSSR count). The maximum atomic E-state index is 12.7. The van der Waals surface area contributed by atoms with Gasteiger partial charge in [0, 0.05) is 49.7 Å². The Balaban J connectivity index is 1.24. The number of hydrogen-bond acceptors (Lipinski definition) is 7. The van der Waals surface area contributed by atoms with E-state index in [2.05, 4.69) is 37.2 Å². The second kappa shape index (κ2) is 8.31. The SMILES string of the molecule is CC1CCCCN1C(=O)CN1CCN(c2ccc3nnc(-c4ccsc4)n3n2)CC1. The normalized spacial score (nSPS) is 20.8. The van der Waals surface area contributed by atoms with Crippen LogP contribution in [-0.4, -0.2) is 80.8 Å². The lowest BCUT2D eigenvalue weighted by Gasteiger charge is -2.38. The smallest absolute Gasteiger partial charge is 0.236 e. The van der Waals surface area contributed by atoms with Crippen molar-refractivity contribution in [2.75, 3.05) is 44.2 Å². The van der Waals surface area contributed by atoms with Crippen molar-refractivity contribution < 1.29 is 4.79 Å². The minimum absolute atomic E-state index is 0.278. The monoisotopic (exact) mass is 425 g/mol. The number of fused-ring (bicyclic) bond motifs is 1. The summed E-state index contributed by atoms with van der Waals surface area (Å²) in [5.74, 6) is 1.97. The largest absolute Gasteiger partial charge is 0.353 e. The fourth-order valence-electron chi connectivity index (χ4n) is 4.41. The van der Waals surface area contributed by atoms with Crippen molar-refractivity contribution in [2.45, 2.75) is 32.2 Å². The van der Waals surface area contributed by atoms with Crippen LogP contribution in [0.5, 0.6) is 0 Å². The summed E-state index contributed by atoms with van der Waals surface area (Å²) in [6.45, 7) is 7.06. The Hall–Kier alpha value is -2.52. The van der Waals surface area contributed by atoms with Crippen LogP contribution in [0.15, 0.2) is 29.0 Å². The van der Waals surface area contributed by atoms with Gasteiger partial charge >= 0.3 is 0 Å². The van der Waals surface area contributed by atoms with Gasteiger partial charge in [-0.15, -0.1) is 15.3 Å². The Bertz CT molecular complexity index is 1010. The molecule has 1 atom stereocenters. The molecule has 0 bridgehead atoms. The van der Waals surface area contributed by atoms with Gasteiger partial charge in [-0.05, 0) is 49.8 Å². The third kappa shape index (κ3) is 3.79. The van der Waals surface area contributed by atoms with Crippen LogP contribution in [0.1, 0.15) is 26.2 Å². The number of carbonyl (C=O) groups is 1. The molecule has 0 radical (unpaired) electrons. The number of piperidine rings is 1. The molecule has 30 heavy (non-hydrogen) atoms. The maximum Gasteiger partial charge on any atom is 0.236 e. The van der Waals surface area contributed by atoms with Gasteiger partial charge in [0.15, 0.2) is 11.5 Å². The van der Waals surface area contributed by atoms with Crippen LogP contribution in [0.4, 0.5) is 5.82 Å². The van der Waals surface area contributed by atoms with Gasteiger partial charge in [-0.3, -0.25) is 9.69 Å². The van der Waals surface area contributed by atoms with E-state index in [9.17, 15) is 4.79 Å². The van der Waals surface area contributed by atoms with Crippen molar-refractivity contribution in [1.29, 1.82) is 0 Å². The molecule has 8 nitrogen and oxygen atoms in total. The number of piperazine rings is 1. The molecule has 0 saturated carbocycles. The zero-order valence-corrected chi connectivity index (χ0v) is 18.1. The van der Waals surface area contributed by atoms with Crippen LogP contribution in [0.3, 0.4) is 0 Å². The number of aromatic nitrogens is 4. The molecule has 1 unspecified atom stereocenters. The summed E-state index contributed by atoms with van der Waals surface area (Å²) in [5.41, 5.74) is 1.78. The Labute approximate surface area is 180 Å². The fourth-order valence-corrected chi connectivity index (χ4v) is 5.04. The first-order valence-corrected chi connectivity index (χ1v) is 11.6. The number of amides is 1. The highest BCUT2D eigenvalue weighted by Gasteiger charge is 2.26. The van der Waals surface area contributed by atoms with Crippen LogP contribution < -0.4 is 4.90 Å². The number of carbonyl (C=O) groups excluding carboxylic acids is 1. The molecule has 158 valence electrons. The lowest BCUT2D eigenvalue weighted by atomic mass is 10.0. The summed E-state index contributed by atoms with van der Waals surface area (Å²) in [4.78, 5) is 19.4. The van der Waals surface area contributed by atoms with E-state index in [0.29, 0.717) is 12.6 Å². The van der Waals surface area contributed by atoms with Gasteiger partial charge in [-0.25, -0.2) is 0 Å². The van der Waals surface area contributed by atoms with Crippen molar-refractivity contribution in [3.63, 3.8) is 0 Å². The minimum Gasteiger partial charge on any atom is -0.353 e. The molecule has 3 aromatic heterocycles. The number of rotatable bonds is 4. The zero-order valence-electron chi connectivity index (χ0n) is 17.3. The van der Waals surface area contributed by atoms with E-state index in [1.165, 1.54) is 6.42 Å². The molecular weight excluding hydrogens is 398 g/mol. The molecule has 2 aliphatic rings. The van der Waals surface area contributed by atoms with Crippen LogP contribution in [0.2, 0.25) is 0 Å². The van der Waals surface area contributed by atoms with E-state index in [-0.39, 0.29) is 5.91 Å². The number of hydrogen-bond donors (Lipinski definition) is 0. The van der Waals surface area contributed by atoms with Crippen molar-refractivity contribution in [2.24, 2.45) is 0 Å². The van der Waals surface area contributed by atoms with Crippen molar-refractivity contribution in [3.05, 3.63) is 29.0 Å². The van der Waals surface area contributed by atoms with Crippen LogP contribution >= 0.6 is 11.3 Å². The highest BCUT2D eigenvalue weighted by atomic mass is 32.1. The molecule has 9 heteroatoms. The van der Waals surface area contributed by atoms with E-state index >= 15 is 0 Å². The Morgan fingerprint density at radius 2 is 1.97 bits per heavy atom. The van der Waals surface area contributed by atoms with Gasteiger partial charge in [0.1, 0.15) is 5.82 Å². The molecule has 0 N–H and O–H groups in total. The highest BCUT2D eigenvalue weighted by Crippen LogP contribution is 2.22. The lowest BCUT2D eigenvalue weighted by Crippen LogP contribution is -2.52. The topological polar surface area (TPSA) is 69.9 Å². The zero-order chi connectivity index (χ0) is 20.5. The molecule has 5 heterocycles. The molecule has 2 saturated heterocycles. The van der Waals surface area contributed by atoms with Crippen molar-refractivity contribution in [1.82, 2.24) is 29.6 Å². The molecule has 3 aromatic rings. The minimum atomic E-state index is 0.278.